The molecule has 0 aromatic rings. The van der Waals surface area contributed by atoms with Crippen molar-refractivity contribution in [3.05, 3.63) is 11.6 Å². The fourth-order valence-corrected chi connectivity index (χ4v) is 1.20. The SMILES string of the molecule is CC(=CCCCS(=O)(=O)O)C(=O)O.[CaH2]. The molecule has 0 saturated heterocycles. The van der Waals surface area contributed by atoms with Crippen molar-refractivity contribution in [3.8, 4) is 0 Å². The summed E-state index contributed by atoms with van der Waals surface area (Å²) >= 11 is 0. The van der Waals surface area contributed by atoms with E-state index in [2.05, 4.69) is 0 Å². The van der Waals surface area contributed by atoms with E-state index in [1.807, 2.05) is 0 Å². The van der Waals surface area contributed by atoms with Crippen molar-refractivity contribution in [1.29, 1.82) is 0 Å². The average molecular weight is 250 g/mol. The summed E-state index contributed by atoms with van der Waals surface area (Å²) in [6.07, 6.45) is 1.98. The maximum absolute atomic E-state index is 10.3. The Balaban J connectivity index is 0. The van der Waals surface area contributed by atoms with Crippen LogP contribution in [0.25, 0.3) is 0 Å². The Kier molecular flexibility index (Phi) is 9.17. The Hall–Kier alpha value is 0.380. The van der Waals surface area contributed by atoms with Gasteiger partial charge in [0, 0.05) is 5.57 Å². The summed E-state index contributed by atoms with van der Waals surface area (Å²) < 4.78 is 28.8. The molecule has 0 unspecified atom stereocenters. The summed E-state index contributed by atoms with van der Waals surface area (Å²) in [5.74, 6) is -1.36. The third-order valence-electron chi connectivity index (χ3n) is 1.39. The molecule has 80 valence electrons. The molecular weight excluding hydrogens is 236 g/mol. The van der Waals surface area contributed by atoms with E-state index in [1.165, 1.54) is 13.0 Å². The molecule has 0 aromatic carbocycles. The second-order valence-electron chi connectivity index (χ2n) is 2.62. The molecule has 0 aliphatic rings. The van der Waals surface area contributed by atoms with Crippen molar-refractivity contribution in [2.45, 2.75) is 19.8 Å². The quantitative estimate of drug-likeness (QED) is 0.304. The van der Waals surface area contributed by atoms with Gasteiger partial charge in [-0.2, -0.15) is 8.42 Å². The van der Waals surface area contributed by atoms with Gasteiger partial charge < -0.3 is 5.11 Å². The molecule has 0 rings (SSSR count). The first-order valence-corrected chi connectivity index (χ1v) is 5.29. The van der Waals surface area contributed by atoms with Crippen LogP contribution in [0.5, 0.6) is 0 Å². The van der Waals surface area contributed by atoms with Crippen molar-refractivity contribution in [2.24, 2.45) is 0 Å². The van der Waals surface area contributed by atoms with Crippen molar-refractivity contribution >= 4 is 53.8 Å². The van der Waals surface area contributed by atoms with Gasteiger partial charge in [0.25, 0.3) is 10.1 Å². The van der Waals surface area contributed by atoms with Crippen LogP contribution in [0.15, 0.2) is 11.6 Å². The topological polar surface area (TPSA) is 91.7 Å². The van der Waals surface area contributed by atoms with Crippen molar-refractivity contribution in [1.82, 2.24) is 0 Å². The van der Waals surface area contributed by atoms with Gasteiger partial charge in [-0.1, -0.05) is 6.08 Å². The molecule has 7 heteroatoms. The molecule has 0 atom stereocenters. The maximum atomic E-state index is 10.3. The first kappa shape index (κ1) is 16.8. The first-order valence-electron chi connectivity index (χ1n) is 3.68. The molecule has 14 heavy (non-hydrogen) atoms. The molecule has 0 bridgehead atoms. The molecule has 0 aliphatic carbocycles. The van der Waals surface area contributed by atoms with E-state index in [4.69, 9.17) is 9.66 Å². The fourth-order valence-electron chi connectivity index (χ4n) is 0.672. The number of allylic oxidation sites excluding steroid dienone is 1. The average Bonchev–Trinajstić information content (AvgIpc) is 1.95. The van der Waals surface area contributed by atoms with Crippen molar-refractivity contribution in [3.63, 3.8) is 0 Å². The van der Waals surface area contributed by atoms with Gasteiger partial charge in [-0.25, -0.2) is 4.79 Å². The molecule has 5 nitrogen and oxygen atoms in total. The Bertz CT molecular complexity index is 306. The molecule has 0 fully saturated rings. The minimum absolute atomic E-state index is 0. The van der Waals surface area contributed by atoms with Crippen LogP contribution in [0, 0.1) is 0 Å². The molecule has 0 amide bonds. The molecule has 0 spiro atoms. The zero-order valence-electron chi connectivity index (χ0n) is 7.23. The monoisotopic (exact) mass is 250 g/mol. The van der Waals surface area contributed by atoms with E-state index in [0.29, 0.717) is 6.42 Å². The zero-order chi connectivity index (χ0) is 10.5. The van der Waals surface area contributed by atoms with Gasteiger partial charge in [-0.3, -0.25) is 4.55 Å². The molecule has 2 N–H and O–H groups in total. The van der Waals surface area contributed by atoms with E-state index >= 15 is 0 Å². The normalized spacial score (nSPS) is 12.0. The number of hydrogen-bond acceptors (Lipinski definition) is 3. The second kappa shape index (κ2) is 7.64. The zero-order valence-corrected chi connectivity index (χ0v) is 8.04. The number of unbranched alkanes of at least 4 members (excludes halogenated alkanes) is 1. The van der Waals surface area contributed by atoms with Crippen LogP contribution in [-0.2, 0) is 14.9 Å². The number of carboxylic acids is 1. The summed E-state index contributed by atoms with van der Waals surface area (Å²) in [6, 6.07) is 0. The molecular formula is C7H14CaO5S. The van der Waals surface area contributed by atoms with Gasteiger partial charge >= 0.3 is 43.7 Å². The second-order valence-corrected chi connectivity index (χ2v) is 4.19. The third-order valence-corrected chi connectivity index (χ3v) is 2.20. The van der Waals surface area contributed by atoms with Gasteiger partial charge in [0.15, 0.2) is 0 Å². The molecule has 0 radical (unpaired) electrons. The number of aliphatic carboxylic acids is 1. The van der Waals surface area contributed by atoms with E-state index < -0.39 is 16.1 Å². The molecule has 0 heterocycles. The summed E-state index contributed by atoms with van der Waals surface area (Å²) in [5, 5.41) is 8.41. The predicted molar refractivity (Wildman–Crippen MR) is 55.6 cm³/mol. The Labute approximate surface area is 113 Å². The first-order chi connectivity index (χ1) is 5.83. The molecule has 0 aliphatic heterocycles. The number of rotatable bonds is 5. The summed E-state index contributed by atoms with van der Waals surface area (Å²) in [6.45, 7) is 1.43. The number of carboxylic acid groups (broad SMARTS) is 1. The van der Waals surface area contributed by atoms with Crippen LogP contribution < -0.4 is 0 Å². The number of hydrogen-bond donors (Lipinski definition) is 2. The minimum atomic E-state index is -3.92. The predicted octanol–water partition coefficient (Wildman–Crippen LogP) is -0.231. The van der Waals surface area contributed by atoms with Crippen LogP contribution >= 0.6 is 0 Å². The van der Waals surface area contributed by atoms with Gasteiger partial charge in [0.05, 0.1) is 5.75 Å². The van der Waals surface area contributed by atoms with Gasteiger partial charge in [0.1, 0.15) is 0 Å². The van der Waals surface area contributed by atoms with Crippen LogP contribution in [-0.4, -0.2) is 67.5 Å². The number of carbonyl (C=O) groups is 1. The van der Waals surface area contributed by atoms with Crippen LogP contribution in [0.3, 0.4) is 0 Å². The summed E-state index contributed by atoms with van der Waals surface area (Å²) in [4.78, 5) is 10.3. The van der Waals surface area contributed by atoms with Gasteiger partial charge in [-0.05, 0) is 19.8 Å². The standard InChI is InChI=1S/C7H12O5S.Ca.2H/c1-6(7(8)9)4-2-3-5-13(10,11)12;;;/h4H,2-3,5H2,1H3,(H,8,9)(H,10,11,12);;;. The third kappa shape index (κ3) is 10.5. The van der Waals surface area contributed by atoms with E-state index in [-0.39, 0.29) is 55.5 Å². The van der Waals surface area contributed by atoms with Gasteiger partial charge in [-0.15, -0.1) is 0 Å². The molecule has 0 saturated carbocycles. The summed E-state index contributed by atoms with van der Waals surface area (Å²) in [7, 11) is -3.92. The van der Waals surface area contributed by atoms with E-state index in [1.54, 1.807) is 0 Å². The Morgan fingerprint density at radius 3 is 2.29 bits per heavy atom. The molecule has 0 aromatic heterocycles. The Morgan fingerprint density at radius 2 is 1.93 bits per heavy atom. The van der Waals surface area contributed by atoms with E-state index in [9.17, 15) is 13.2 Å². The van der Waals surface area contributed by atoms with Crippen LogP contribution in [0.4, 0.5) is 0 Å². The van der Waals surface area contributed by atoms with Crippen molar-refractivity contribution < 1.29 is 22.9 Å². The van der Waals surface area contributed by atoms with Crippen LogP contribution in [0.2, 0.25) is 0 Å². The summed E-state index contributed by atoms with van der Waals surface area (Å²) in [5.41, 5.74) is 0.176. The van der Waals surface area contributed by atoms with E-state index in [0.717, 1.165) is 0 Å². The van der Waals surface area contributed by atoms with Crippen LogP contribution in [0.1, 0.15) is 19.8 Å². The van der Waals surface area contributed by atoms with Gasteiger partial charge in [0.2, 0.25) is 0 Å². The van der Waals surface area contributed by atoms with Crippen molar-refractivity contribution in [2.75, 3.05) is 5.75 Å². The fraction of sp³-hybridized carbons (Fsp3) is 0.571. The Morgan fingerprint density at radius 1 is 1.43 bits per heavy atom.